The first-order valence-corrected chi connectivity index (χ1v) is 11.1. The number of carbonyl (C=O) groups is 1. The molecule has 0 unspecified atom stereocenters. The SMILES string of the molecule is CN(C)CCCNC(=O)C1(C)COC(c2nc(-c3ccc(F)cc3)c(-c3ccncn3)[nH]2)OC1. The summed E-state index contributed by atoms with van der Waals surface area (Å²) >= 11 is 0. The summed E-state index contributed by atoms with van der Waals surface area (Å²) in [6.07, 6.45) is 3.17. The van der Waals surface area contributed by atoms with E-state index in [0.29, 0.717) is 29.5 Å². The zero-order valence-electron chi connectivity index (χ0n) is 19.5. The van der Waals surface area contributed by atoms with Gasteiger partial charge in [-0.15, -0.1) is 0 Å². The van der Waals surface area contributed by atoms with E-state index >= 15 is 0 Å². The van der Waals surface area contributed by atoms with Crippen LogP contribution in [0, 0.1) is 11.2 Å². The average molecular weight is 469 g/mol. The number of ether oxygens (including phenoxy) is 2. The molecule has 1 aliphatic rings. The van der Waals surface area contributed by atoms with E-state index in [1.165, 1.54) is 18.5 Å². The lowest BCUT2D eigenvalue weighted by Gasteiger charge is -2.35. The summed E-state index contributed by atoms with van der Waals surface area (Å²) in [5.74, 6) is 0.0144. The monoisotopic (exact) mass is 468 g/mol. The van der Waals surface area contributed by atoms with Gasteiger partial charge in [-0.3, -0.25) is 4.79 Å². The van der Waals surface area contributed by atoms with Crippen LogP contribution < -0.4 is 5.32 Å². The second kappa shape index (κ2) is 10.4. The number of halogens is 1. The van der Waals surface area contributed by atoms with E-state index in [9.17, 15) is 9.18 Å². The van der Waals surface area contributed by atoms with Crippen LogP contribution in [0.4, 0.5) is 4.39 Å². The predicted octanol–water partition coefficient (Wildman–Crippen LogP) is 2.79. The van der Waals surface area contributed by atoms with Gasteiger partial charge in [0.1, 0.15) is 12.1 Å². The van der Waals surface area contributed by atoms with E-state index < -0.39 is 11.7 Å². The fourth-order valence-corrected chi connectivity index (χ4v) is 3.65. The quantitative estimate of drug-likeness (QED) is 0.490. The Morgan fingerprint density at radius 1 is 1.24 bits per heavy atom. The first kappa shape index (κ1) is 23.9. The molecule has 1 fully saturated rings. The highest BCUT2D eigenvalue weighted by Crippen LogP contribution is 2.35. The van der Waals surface area contributed by atoms with Crippen molar-refractivity contribution in [2.75, 3.05) is 40.4 Å². The van der Waals surface area contributed by atoms with Gasteiger partial charge in [0.05, 0.1) is 35.7 Å². The highest BCUT2D eigenvalue weighted by Gasteiger charge is 2.40. The third kappa shape index (κ3) is 5.46. The summed E-state index contributed by atoms with van der Waals surface area (Å²) in [4.78, 5) is 31.0. The number of aromatic amines is 1. The van der Waals surface area contributed by atoms with Crippen LogP contribution in [0.1, 0.15) is 25.5 Å². The minimum absolute atomic E-state index is 0.0992. The van der Waals surface area contributed by atoms with Gasteiger partial charge in [0.15, 0.2) is 5.82 Å². The Labute approximate surface area is 197 Å². The number of nitrogens with one attached hydrogen (secondary N) is 2. The highest BCUT2D eigenvalue weighted by molar-refractivity contribution is 5.82. The van der Waals surface area contributed by atoms with Crippen LogP contribution in [0.25, 0.3) is 22.6 Å². The van der Waals surface area contributed by atoms with Gasteiger partial charge < -0.3 is 24.7 Å². The standard InChI is InChI=1S/C24H29FN6O3/c1-24(23(32)27-10-4-12-31(2)3)13-33-22(34-14-24)21-29-19(16-5-7-17(25)8-6-16)20(30-21)18-9-11-26-15-28-18/h5-9,11,15,22H,4,10,12-14H2,1-3H3,(H,27,32)(H,29,30). The fraction of sp³-hybridized carbons (Fsp3) is 0.417. The Morgan fingerprint density at radius 2 is 1.97 bits per heavy atom. The molecule has 3 aromatic rings. The number of hydrogen-bond donors (Lipinski definition) is 2. The van der Waals surface area contributed by atoms with Crippen molar-refractivity contribution >= 4 is 5.91 Å². The van der Waals surface area contributed by atoms with Crippen molar-refractivity contribution in [1.82, 2.24) is 30.2 Å². The molecule has 180 valence electrons. The molecule has 1 saturated heterocycles. The maximum Gasteiger partial charge on any atom is 0.230 e. The number of nitrogens with zero attached hydrogens (tertiary/aromatic N) is 4. The molecule has 1 amide bonds. The molecule has 0 spiro atoms. The van der Waals surface area contributed by atoms with Crippen LogP contribution in [0.5, 0.6) is 0 Å². The zero-order valence-corrected chi connectivity index (χ0v) is 19.5. The summed E-state index contributed by atoms with van der Waals surface area (Å²) in [6, 6.07) is 7.82. The van der Waals surface area contributed by atoms with Crippen molar-refractivity contribution in [3.05, 3.63) is 54.5 Å². The van der Waals surface area contributed by atoms with Crippen LogP contribution in [0.15, 0.2) is 42.9 Å². The largest absolute Gasteiger partial charge is 0.355 e. The summed E-state index contributed by atoms with van der Waals surface area (Å²) < 4.78 is 25.3. The average Bonchev–Trinajstić information content (AvgIpc) is 3.28. The lowest BCUT2D eigenvalue weighted by molar-refractivity contribution is -0.231. The van der Waals surface area contributed by atoms with Crippen molar-refractivity contribution in [3.8, 4) is 22.6 Å². The van der Waals surface area contributed by atoms with Crippen molar-refractivity contribution in [2.24, 2.45) is 5.41 Å². The number of benzene rings is 1. The van der Waals surface area contributed by atoms with Gasteiger partial charge >= 0.3 is 0 Å². The van der Waals surface area contributed by atoms with Gasteiger partial charge in [-0.2, -0.15) is 0 Å². The predicted molar refractivity (Wildman–Crippen MR) is 124 cm³/mol. The normalized spacial score (nSPS) is 20.4. The Morgan fingerprint density at radius 3 is 2.62 bits per heavy atom. The van der Waals surface area contributed by atoms with E-state index in [0.717, 1.165) is 18.5 Å². The van der Waals surface area contributed by atoms with Crippen molar-refractivity contribution in [2.45, 2.75) is 19.6 Å². The molecule has 1 aliphatic heterocycles. The lowest BCUT2D eigenvalue weighted by atomic mass is 9.91. The molecule has 2 N–H and O–H groups in total. The first-order valence-electron chi connectivity index (χ1n) is 11.1. The molecule has 0 atom stereocenters. The van der Waals surface area contributed by atoms with E-state index in [1.54, 1.807) is 24.4 Å². The number of carbonyl (C=O) groups excluding carboxylic acids is 1. The first-order chi connectivity index (χ1) is 16.4. The van der Waals surface area contributed by atoms with Gasteiger partial charge in [-0.25, -0.2) is 19.3 Å². The van der Waals surface area contributed by atoms with Gasteiger partial charge in [-0.1, -0.05) is 0 Å². The van der Waals surface area contributed by atoms with Crippen molar-refractivity contribution < 1.29 is 18.7 Å². The molecule has 0 bridgehead atoms. The molecular weight excluding hydrogens is 439 g/mol. The molecule has 3 heterocycles. The van der Waals surface area contributed by atoms with Gasteiger partial charge in [0, 0.05) is 18.3 Å². The van der Waals surface area contributed by atoms with E-state index in [4.69, 9.17) is 9.47 Å². The Bertz CT molecular complexity index is 1100. The molecule has 9 nitrogen and oxygen atoms in total. The second-order valence-electron chi connectivity index (χ2n) is 8.87. The molecule has 0 aliphatic carbocycles. The summed E-state index contributed by atoms with van der Waals surface area (Å²) in [6.45, 7) is 3.69. The lowest BCUT2D eigenvalue weighted by Crippen LogP contribution is -2.49. The number of imidazole rings is 1. The minimum Gasteiger partial charge on any atom is -0.355 e. The highest BCUT2D eigenvalue weighted by atomic mass is 19.1. The summed E-state index contributed by atoms with van der Waals surface area (Å²) in [5.41, 5.74) is 1.79. The van der Waals surface area contributed by atoms with Crippen LogP contribution >= 0.6 is 0 Å². The minimum atomic E-state index is -0.795. The summed E-state index contributed by atoms with van der Waals surface area (Å²) in [7, 11) is 4.00. The number of rotatable bonds is 8. The molecule has 0 radical (unpaired) electrons. The second-order valence-corrected chi connectivity index (χ2v) is 8.87. The third-order valence-electron chi connectivity index (χ3n) is 5.62. The molecule has 10 heteroatoms. The van der Waals surface area contributed by atoms with Crippen LogP contribution in [-0.4, -0.2) is 71.1 Å². The number of amides is 1. The van der Waals surface area contributed by atoms with Crippen LogP contribution in [0.2, 0.25) is 0 Å². The Balaban J connectivity index is 1.49. The van der Waals surface area contributed by atoms with Gasteiger partial charge in [0.25, 0.3) is 0 Å². The fourth-order valence-electron chi connectivity index (χ4n) is 3.65. The third-order valence-corrected chi connectivity index (χ3v) is 5.62. The number of hydrogen-bond acceptors (Lipinski definition) is 7. The Kier molecular flexibility index (Phi) is 7.30. The van der Waals surface area contributed by atoms with E-state index in [2.05, 4.69) is 30.2 Å². The van der Waals surface area contributed by atoms with Crippen LogP contribution in [0.3, 0.4) is 0 Å². The van der Waals surface area contributed by atoms with Gasteiger partial charge in [-0.05, 0) is 64.3 Å². The smallest absolute Gasteiger partial charge is 0.230 e. The topological polar surface area (TPSA) is 105 Å². The number of H-pyrrole nitrogens is 1. The van der Waals surface area contributed by atoms with E-state index in [-0.39, 0.29) is 24.9 Å². The number of aromatic nitrogens is 4. The molecule has 0 saturated carbocycles. The van der Waals surface area contributed by atoms with Crippen LogP contribution in [-0.2, 0) is 14.3 Å². The molecule has 34 heavy (non-hydrogen) atoms. The molecule has 2 aromatic heterocycles. The van der Waals surface area contributed by atoms with Crippen molar-refractivity contribution in [1.29, 1.82) is 0 Å². The van der Waals surface area contributed by atoms with E-state index in [1.807, 2.05) is 21.0 Å². The molecule has 4 rings (SSSR count). The zero-order chi connectivity index (χ0) is 24.1. The van der Waals surface area contributed by atoms with Crippen molar-refractivity contribution in [3.63, 3.8) is 0 Å². The maximum absolute atomic E-state index is 13.5. The molecular formula is C24H29FN6O3. The Hall–Kier alpha value is -3.21. The maximum atomic E-state index is 13.5. The molecule has 1 aromatic carbocycles. The van der Waals surface area contributed by atoms with Gasteiger partial charge in [0.2, 0.25) is 12.2 Å². The summed E-state index contributed by atoms with van der Waals surface area (Å²) in [5, 5.41) is 2.97.